The highest BCUT2D eigenvalue weighted by Gasteiger charge is 2.33. The number of rotatable bonds is 3. The largest absolute Gasteiger partial charge is 0.485 e. The second-order valence-electron chi connectivity index (χ2n) is 7.05. The second-order valence-corrected chi connectivity index (χ2v) is 7.05. The first-order valence-corrected chi connectivity index (χ1v) is 9.30. The second kappa shape index (κ2) is 7.42. The molecule has 2 aliphatic heterocycles. The smallest absolute Gasteiger partial charge is 0.267 e. The summed E-state index contributed by atoms with van der Waals surface area (Å²) in [7, 11) is 2.05. The van der Waals surface area contributed by atoms with Crippen LogP contribution >= 0.6 is 0 Å². The number of likely N-dealkylation sites (tertiary alicyclic amines) is 1. The first-order chi connectivity index (χ1) is 13.1. The molecule has 1 aromatic heterocycles. The Labute approximate surface area is 158 Å². The normalized spacial score (nSPS) is 19.6. The number of carbonyl (C=O) groups excluding carboxylic acids is 1. The molecular formula is C20H24N4O3. The predicted molar refractivity (Wildman–Crippen MR) is 101 cm³/mol. The van der Waals surface area contributed by atoms with Crippen LogP contribution in [0.1, 0.15) is 18.5 Å². The molecule has 7 nitrogen and oxygen atoms in total. The molecule has 1 amide bonds. The van der Waals surface area contributed by atoms with E-state index in [1.807, 2.05) is 42.2 Å². The van der Waals surface area contributed by atoms with Crippen LogP contribution in [0.15, 0.2) is 36.7 Å². The number of anilines is 1. The molecule has 1 saturated heterocycles. The van der Waals surface area contributed by atoms with Crippen LogP contribution in [-0.4, -0.2) is 59.7 Å². The lowest BCUT2D eigenvalue weighted by Gasteiger charge is -2.38. The van der Waals surface area contributed by atoms with E-state index < -0.39 is 6.10 Å². The number of hydrogen-bond donors (Lipinski definition) is 0. The minimum absolute atomic E-state index is 0.00323. The Kier molecular flexibility index (Phi) is 4.83. The van der Waals surface area contributed by atoms with Gasteiger partial charge in [-0.1, -0.05) is 12.1 Å². The van der Waals surface area contributed by atoms with Gasteiger partial charge in [-0.3, -0.25) is 4.79 Å². The van der Waals surface area contributed by atoms with Crippen molar-refractivity contribution < 1.29 is 14.3 Å². The molecule has 1 atom stereocenters. The molecule has 4 rings (SSSR count). The van der Waals surface area contributed by atoms with E-state index in [9.17, 15) is 4.79 Å². The summed E-state index contributed by atoms with van der Waals surface area (Å²) >= 11 is 0. The highest BCUT2D eigenvalue weighted by Crippen LogP contribution is 2.31. The number of aromatic nitrogens is 2. The summed E-state index contributed by atoms with van der Waals surface area (Å²) in [6, 6.07) is 9.80. The summed E-state index contributed by atoms with van der Waals surface area (Å²) in [5.74, 6) is 2.26. The van der Waals surface area contributed by atoms with Crippen molar-refractivity contribution in [3.8, 4) is 11.5 Å². The highest BCUT2D eigenvalue weighted by atomic mass is 16.6. The fraction of sp³-hybridized carbons (Fsp3) is 0.450. The molecule has 0 spiro atoms. The van der Waals surface area contributed by atoms with Gasteiger partial charge in [-0.25, -0.2) is 9.97 Å². The van der Waals surface area contributed by atoms with Crippen molar-refractivity contribution >= 4 is 11.7 Å². The summed E-state index contributed by atoms with van der Waals surface area (Å²) < 4.78 is 11.5. The molecule has 7 heteroatoms. The van der Waals surface area contributed by atoms with Crippen molar-refractivity contribution in [2.45, 2.75) is 31.9 Å². The Morgan fingerprint density at radius 2 is 1.93 bits per heavy atom. The molecule has 1 fully saturated rings. The number of hydrogen-bond acceptors (Lipinski definition) is 6. The third-order valence-electron chi connectivity index (χ3n) is 5.26. The number of ether oxygens (including phenoxy) is 2. The van der Waals surface area contributed by atoms with Crippen molar-refractivity contribution in [1.82, 2.24) is 14.9 Å². The van der Waals surface area contributed by atoms with Gasteiger partial charge >= 0.3 is 0 Å². The van der Waals surface area contributed by atoms with Crippen molar-refractivity contribution in [2.75, 3.05) is 31.6 Å². The van der Waals surface area contributed by atoms with E-state index in [2.05, 4.69) is 21.9 Å². The molecule has 1 unspecified atom stereocenters. The Hall–Kier alpha value is -2.83. The Morgan fingerprint density at radius 3 is 2.67 bits per heavy atom. The fourth-order valence-electron chi connectivity index (χ4n) is 3.64. The van der Waals surface area contributed by atoms with E-state index in [4.69, 9.17) is 9.47 Å². The van der Waals surface area contributed by atoms with Gasteiger partial charge in [-0.15, -0.1) is 0 Å². The van der Waals surface area contributed by atoms with Gasteiger partial charge in [-0.05, 0) is 31.9 Å². The third-order valence-corrected chi connectivity index (χ3v) is 5.26. The third kappa shape index (κ3) is 3.67. The van der Waals surface area contributed by atoms with E-state index in [0.717, 1.165) is 24.4 Å². The first kappa shape index (κ1) is 17.6. The Balaban J connectivity index is 1.34. The van der Waals surface area contributed by atoms with Crippen LogP contribution in [0.25, 0.3) is 0 Å². The number of benzene rings is 1. The van der Waals surface area contributed by atoms with Gasteiger partial charge in [0.05, 0.1) is 0 Å². The van der Waals surface area contributed by atoms with Crippen LogP contribution < -0.4 is 14.4 Å². The standard InChI is InChI=1S/C20H24N4O3/c1-14-11-19(22-13-21-14)23(2)15-7-9-24(10-8-15)20(25)18-12-26-16-5-3-4-6-17(16)27-18/h3-6,11,13,15,18H,7-10,12H2,1-2H3. The minimum Gasteiger partial charge on any atom is -0.485 e. The lowest BCUT2D eigenvalue weighted by atomic mass is 10.0. The molecule has 2 aliphatic rings. The van der Waals surface area contributed by atoms with Crippen LogP contribution in [0.2, 0.25) is 0 Å². The van der Waals surface area contributed by atoms with E-state index >= 15 is 0 Å². The number of fused-ring (bicyclic) bond motifs is 1. The summed E-state index contributed by atoms with van der Waals surface area (Å²) in [5.41, 5.74) is 0.953. The van der Waals surface area contributed by atoms with E-state index in [1.165, 1.54) is 0 Å². The zero-order valence-corrected chi connectivity index (χ0v) is 15.7. The summed E-state index contributed by atoms with van der Waals surface area (Å²) in [6.07, 6.45) is 2.82. The van der Waals surface area contributed by atoms with Crippen molar-refractivity contribution in [3.63, 3.8) is 0 Å². The summed E-state index contributed by atoms with van der Waals surface area (Å²) in [5, 5.41) is 0. The van der Waals surface area contributed by atoms with Crippen molar-refractivity contribution in [3.05, 3.63) is 42.4 Å². The highest BCUT2D eigenvalue weighted by molar-refractivity contribution is 5.82. The van der Waals surface area contributed by atoms with E-state index in [-0.39, 0.29) is 12.5 Å². The molecule has 0 N–H and O–H groups in total. The lowest BCUT2D eigenvalue weighted by molar-refractivity contribution is -0.142. The molecule has 0 bridgehead atoms. The van der Waals surface area contributed by atoms with Gasteiger partial charge in [0.1, 0.15) is 18.8 Å². The molecule has 2 aromatic rings. The minimum atomic E-state index is -0.571. The van der Waals surface area contributed by atoms with Gasteiger partial charge in [-0.2, -0.15) is 0 Å². The quantitative estimate of drug-likeness (QED) is 0.826. The molecule has 0 aliphatic carbocycles. The zero-order valence-electron chi connectivity index (χ0n) is 15.7. The summed E-state index contributed by atoms with van der Waals surface area (Å²) in [4.78, 5) is 25.4. The zero-order chi connectivity index (χ0) is 18.8. The molecule has 0 saturated carbocycles. The van der Waals surface area contributed by atoms with E-state index in [0.29, 0.717) is 30.6 Å². The van der Waals surface area contributed by atoms with Crippen LogP contribution in [0.4, 0.5) is 5.82 Å². The molecular weight excluding hydrogens is 344 g/mol. The topological polar surface area (TPSA) is 67.8 Å². The average molecular weight is 368 g/mol. The molecule has 27 heavy (non-hydrogen) atoms. The molecule has 1 aromatic carbocycles. The average Bonchev–Trinajstić information content (AvgIpc) is 2.72. The molecule has 3 heterocycles. The maximum Gasteiger partial charge on any atom is 0.267 e. The SMILES string of the molecule is Cc1cc(N(C)C2CCN(C(=O)C3COc4ccccc4O3)CC2)ncn1. The molecule has 142 valence electrons. The number of aryl methyl sites for hydroxylation is 1. The Morgan fingerprint density at radius 1 is 1.19 bits per heavy atom. The fourth-order valence-corrected chi connectivity index (χ4v) is 3.64. The number of nitrogens with zero attached hydrogens (tertiary/aromatic N) is 4. The molecule has 0 radical (unpaired) electrons. The predicted octanol–water partition coefficient (Wildman–Crippen LogP) is 2.05. The summed E-state index contributed by atoms with van der Waals surface area (Å²) in [6.45, 7) is 3.64. The van der Waals surface area contributed by atoms with Crippen molar-refractivity contribution in [2.24, 2.45) is 0 Å². The van der Waals surface area contributed by atoms with Gasteiger partial charge in [0.25, 0.3) is 5.91 Å². The monoisotopic (exact) mass is 368 g/mol. The van der Waals surface area contributed by atoms with Gasteiger partial charge in [0.15, 0.2) is 11.5 Å². The van der Waals surface area contributed by atoms with E-state index in [1.54, 1.807) is 6.33 Å². The first-order valence-electron chi connectivity index (χ1n) is 9.30. The number of para-hydroxylation sites is 2. The van der Waals surface area contributed by atoms with Crippen LogP contribution in [0, 0.1) is 6.92 Å². The number of amides is 1. The van der Waals surface area contributed by atoms with Crippen LogP contribution in [-0.2, 0) is 4.79 Å². The van der Waals surface area contributed by atoms with Crippen LogP contribution in [0.3, 0.4) is 0 Å². The lowest BCUT2D eigenvalue weighted by Crippen LogP contribution is -2.51. The van der Waals surface area contributed by atoms with Crippen molar-refractivity contribution in [1.29, 1.82) is 0 Å². The maximum absolute atomic E-state index is 12.8. The van der Waals surface area contributed by atoms with Gasteiger partial charge in [0.2, 0.25) is 6.10 Å². The number of piperidine rings is 1. The Bertz CT molecular complexity index is 820. The maximum atomic E-state index is 12.8. The van der Waals surface area contributed by atoms with Gasteiger partial charge in [0, 0.05) is 37.9 Å². The number of carbonyl (C=O) groups is 1. The van der Waals surface area contributed by atoms with Crippen LogP contribution in [0.5, 0.6) is 11.5 Å². The van der Waals surface area contributed by atoms with Gasteiger partial charge < -0.3 is 19.3 Å².